The van der Waals surface area contributed by atoms with Gasteiger partial charge in [0.15, 0.2) is 11.6 Å². The van der Waals surface area contributed by atoms with Crippen LogP contribution in [0.4, 0.5) is 14.6 Å². The Balaban J connectivity index is 3.33. The van der Waals surface area contributed by atoms with Gasteiger partial charge in [0, 0.05) is 6.20 Å². The summed E-state index contributed by atoms with van der Waals surface area (Å²) in [4.78, 5) is 3.38. The molecule has 1 aromatic heterocycles. The van der Waals surface area contributed by atoms with Gasteiger partial charge in [-0.3, -0.25) is 0 Å². The minimum Gasteiger partial charge on any atom is -0.504 e. The molecule has 0 saturated heterocycles. The zero-order valence-electron chi connectivity index (χ0n) is 5.76. The highest BCUT2D eigenvalue weighted by Gasteiger charge is 2.19. The quantitative estimate of drug-likeness (QED) is 0.719. The number of nitrogens with two attached hydrogens (primary N) is 1. The second-order valence-electron chi connectivity index (χ2n) is 2.05. The molecular weight excluding hydrogens is 190 g/mol. The smallest absolute Gasteiger partial charge is 0.269 e. The molecule has 1 aromatic rings. The van der Waals surface area contributed by atoms with E-state index in [0.29, 0.717) is 0 Å². The van der Waals surface area contributed by atoms with Crippen LogP contribution in [0, 0.1) is 0 Å². The number of nitrogens with zero attached hydrogens (tertiary/aromatic N) is 1. The summed E-state index contributed by atoms with van der Waals surface area (Å²) in [6.07, 6.45) is -1.89. The topological polar surface area (TPSA) is 59.1 Å². The van der Waals surface area contributed by atoms with Gasteiger partial charge in [0.2, 0.25) is 0 Å². The zero-order valence-corrected chi connectivity index (χ0v) is 6.52. The van der Waals surface area contributed by atoms with E-state index in [1.807, 2.05) is 0 Å². The maximum atomic E-state index is 12.1. The van der Waals surface area contributed by atoms with E-state index in [0.717, 1.165) is 6.20 Å². The Kier molecular flexibility index (Phi) is 2.32. The lowest BCUT2D eigenvalue weighted by atomic mass is 10.2. The molecule has 0 spiro atoms. The Morgan fingerprint density at radius 2 is 2.17 bits per heavy atom. The van der Waals surface area contributed by atoms with Crippen molar-refractivity contribution in [2.75, 3.05) is 5.73 Å². The van der Waals surface area contributed by atoms with Gasteiger partial charge in [-0.05, 0) is 0 Å². The van der Waals surface area contributed by atoms with Crippen molar-refractivity contribution in [2.45, 2.75) is 6.43 Å². The van der Waals surface area contributed by atoms with E-state index in [1.54, 1.807) is 0 Å². The first-order valence-corrected chi connectivity index (χ1v) is 3.32. The lowest BCUT2D eigenvalue weighted by Gasteiger charge is -2.06. The molecule has 6 heteroatoms. The Hall–Kier alpha value is -1.10. The molecule has 0 fully saturated rings. The van der Waals surface area contributed by atoms with Crippen LogP contribution in [0.25, 0.3) is 0 Å². The molecule has 1 rings (SSSR count). The summed E-state index contributed by atoms with van der Waals surface area (Å²) >= 11 is 5.34. The van der Waals surface area contributed by atoms with E-state index in [1.165, 1.54) is 0 Å². The molecule has 66 valence electrons. The summed E-state index contributed by atoms with van der Waals surface area (Å²) in [6.45, 7) is 0. The third-order valence-electron chi connectivity index (χ3n) is 1.29. The monoisotopic (exact) mass is 194 g/mol. The van der Waals surface area contributed by atoms with Crippen LogP contribution in [0.15, 0.2) is 6.20 Å². The number of aromatic hydroxyl groups is 1. The van der Waals surface area contributed by atoms with Crippen molar-refractivity contribution in [1.82, 2.24) is 4.98 Å². The van der Waals surface area contributed by atoms with Gasteiger partial charge in [0.25, 0.3) is 6.43 Å². The van der Waals surface area contributed by atoms with Crippen LogP contribution < -0.4 is 5.73 Å². The van der Waals surface area contributed by atoms with Crippen LogP contribution in [0.2, 0.25) is 5.02 Å². The highest BCUT2D eigenvalue weighted by molar-refractivity contribution is 6.31. The fraction of sp³-hybridized carbons (Fsp3) is 0.167. The van der Waals surface area contributed by atoms with Gasteiger partial charge in [-0.1, -0.05) is 11.6 Å². The molecule has 3 nitrogen and oxygen atoms in total. The van der Waals surface area contributed by atoms with Crippen LogP contribution in [0.1, 0.15) is 12.0 Å². The van der Waals surface area contributed by atoms with Gasteiger partial charge < -0.3 is 10.8 Å². The lowest BCUT2D eigenvalue weighted by molar-refractivity contribution is 0.147. The first-order chi connectivity index (χ1) is 5.54. The molecule has 3 N–H and O–H groups in total. The molecule has 0 aliphatic rings. The average Bonchev–Trinajstić information content (AvgIpc) is 1.97. The molecule has 0 radical (unpaired) electrons. The number of rotatable bonds is 1. The highest BCUT2D eigenvalue weighted by Crippen LogP contribution is 2.36. The van der Waals surface area contributed by atoms with Gasteiger partial charge in [-0.25, -0.2) is 13.8 Å². The van der Waals surface area contributed by atoms with E-state index in [4.69, 9.17) is 22.4 Å². The third kappa shape index (κ3) is 1.40. The van der Waals surface area contributed by atoms with Gasteiger partial charge in [0.1, 0.15) is 0 Å². The van der Waals surface area contributed by atoms with Crippen molar-refractivity contribution < 1.29 is 13.9 Å². The minimum atomic E-state index is -2.86. The maximum absolute atomic E-state index is 12.1. The molecule has 0 amide bonds. The summed E-state index contributed by atoms with van der Waals surface area (Å²) in [5.74, 6) is -1.10. The average molecular weight is 195 g/mol. The Bertz CT molecular complexity index is 306. The van der Waals surface area contributed by atoms with Crippen molar-refractivity contribution in [3.8, 4) is 5.75 Å². The van der Waals surface area contributed by atoms with Gasteiger partial charge in [0.05, 0.1) is 10.6 Å². The molecule has 12 heavy (non-hydrogen) atoms. The molecule has 0 aromatic carbocycles. The summed E-state index contributed by atoms with van der Waals surface area (Å²) in [5.41, 5.74) is 4.40. The SMILES string of the molecule is Nc1ncc(Cl)c(C(F)F)c1O. The number of alkyl halides is 2. The number of hydrogen-bond acceptors (Lipinski definition) is 3. The second-order valence-corrected chi connectivity index (χ2v) is 2.46. The maximum Gasteiger partial charge on any atom is 0.269 e. The van der Waals surface area contributed by atoms with Crippen molar-refractivity contribution in [2.24, 2.45) is 0 Å². The highest BCUT2D eigenvalue weighted by atomic mass is 35.5. The van der Waals surface area contributed by atoms with E-state index in [9.17, 15) is 8.78 Å². The third-order valence-corrected chi connectivity index (χ3v) is 1.59. The molecule has 0 aliphatic heterocycles. The van der Waals surface area contributed by atoms with Crippen molar-refractivity contribution in [3.05, 3.63) is 16.8 Å². The summed E-state index contributed by atoms with van der Waals surface area (Å²) in [6, 6.07) is 0. The molecule has 1 heterocycles. The van der Waals surface area contributed by atoms with Crippen LogP contribution in [-0.4, -0.2) is 10.1 Å². The molecule has 0 saturated carbocycles. The number of halogens is 3. The predicted octanol–water partition coefficient (Wildman–Crippen LogP) is 1.96. The minimum absolute atomic E-state index is 0.295. The number of nitrogen functional groups attached to an aromatic ring is 1. The lowest BCUT2D eigenvalue weighted by Crippen LogP contribution is -1.96. The first-order valence-electron chi connectivity index (χ1n) is 2.95. The molecule has 0 bridgehead atoms. The number of hydrogen-bond donors (Lipinski definition) is 2. The Morgan fingerprint density at radius 1 is 1.58 bits per heavy atom. The normalized spacial score (nSPS) is 10.7. The van der Waals surface area contributed by atoms with E-state index < -0.39 is 17.7 Å². The number of pyridine rings is 1. The van der Waals surface area contributed by atoms with Crippen LogP contribution in [0.3, 0.4) is 0 Å². The zero-order chi connectivity index (χ0) is 9.30. The number of aromatic nitrogens is 1. The number of anilines is 1. The molecular formula is C6H5ClF2N2O. The summed E-state index contributed by atoms with van der Waals surface area (Å²) in [7, 11) is 0. The fourth-order valence-corrected chi connectivity index (χ4v) is 0.936. The van der Waals surface area contributed by atoms with Gasteiger partial charge >= 0.3 is 0 Å². The van der Waals surface area contributed by atoms with E-state index in [-0.39, 0.29) is 10.8 Å². The summed E-state index contributed by atoms with van der Waals surface area (Å²) in [5, 5.41) is 8.70. The van der Waals surface area contributed by atoms with E-state index in [2.05, 4.69) is 4.98 Å². The van der Waals surface area contributed by atoms with Crippen LogP contribution in [-0.2, 0) is 0 Å². The predicted molar refractivity (Wildman–Crippen MR) is 40.3 cm³/mol. The van der Waals surface area contributed by atoms with Crippen molar-refractivity contribution in [1.29, 1.82) is 0 Å². The van der Waals surface area contributed by atoms with Crippen molar-refractivity contribution in [3.63, 3.8) is 0 Å². The molecule has 0 aliphatic carbocycles. The Morgan fingerprint density at radius 3 is 2.58 bits per heavy atom. The van der Waals surface area contributed by atoms with Crippen molar-refractivity contribution >= 4 is 17.4 Å². The van der Waals surface area contributed by atoms with Gasteiger partial charge in [-0.2, -0.15) is 0 Å². The standard InChI is InChI=1S/C6H5ClF2N2O/c7-2-1-11-6(10)4(12)3(2)5(8)9/h1,5,12H,(H2,10,11). The Labute approximate surface area is 71.8 Å². The van der Waals surface area contributed by atoms with E-state index >= 15 is 0 Å². The molecule has 0 unspecified atom stereocenters. The van der Waals surface area contributed by atoms with Gasteiger partial charge in [-0.15, -0.1) is 0 Å². The summed E-state index contributed by atoms with van der Waals surface area (Å²) < 4.78 is 24.3. The molecule has 0 atom stereocenters. The largest absolute Gasteiger partial charge is 0.504 e. The second kappa shape index (κ2) is 3.10. The fourth-order valence-electron chi connectivity index (χ4n) is 0.716. The van der Waals surface area contributed by atoms with Crippen LogP contribution >= 0.6 is 11.6 Å². The van der Waals surface area contributed by atoms with Crippen LogP contribution in [0.5, 0.6) is 5.75 Å². The first kappa shape index (κ1) is 8.99.